The maximum absolute atomic E-state index is 9.40. The molecule has 1 aliphatic heterocycles. The van der Waals surface area contributed by atoms with E-state index in [-0.39, 0.29) is 12.0 Å². The molecule has 1 saturated heterocycles. The van der Waals surface area contributed by atoms with Crippen molar-refractivity contribution in [2.75, 3.05) is 39.5 Å². The Morgan fingerprint density at radius 1 is 1.30 bits per heavy atom. The van der Waals surface area contributed by atoms with E-state index in [1.807, 2.05) is 22.9 Å². The molecular formula is C23H35N5O2. The average Bonchev–Trinajstić information content (AvgIpc) is 3.37. The van der Waals surface area contributed by atoms with Gasteiger partial charge in [-0.3, -0.25) is 4.99 Å². The fraction of sp³-hybridized carbons (Fsp3) is 0.565. The fourth-order valence-corrected chi connectivity index (χ4v) is 3.82. The number of nitrogens with zero attached hydrogens (tertiary/aromatic N) is 3. The molecule has 1 unspecified atom stereocenters. The van der Waals surface area contributed by atoms with Gasteiger partial charge in [0.05, 0.1) is 24.5 Å². The van der Waals surface area contributed by atoms with Gasteiger partial charge in [-0.15, -0.1) is 0 Å². The normalized spacial score (nSPS) is 19.2. The lowest BCUT2D eigenvalue weighted by Crippen LogP contribution is -2.39. The molecule has 164 valence electrons. The Morgan fingerprint density at radius 3 is 2.83 bits per heavy atom. The van der Waals surface area contributed by atoms with Crippen LogP contribution in [0.4, 0.5) is 0 Å². The van der Waals surface area contributed by atoms with E-state index in [0.717, 1.165) is 62.7 Å². The van der Waals surface area contributed by atoms with Gasteiger partial charge in [0.2, 0.25) is 0 Å². The maximum Gasteiger partial charge on any atom is 0.191 e. The number of aromatic nitrogens is 2. The third kappa shape index (κ3) is 6.06. The van der Waals surface area contributed by atoms with E-state index in [0.29, 0.717) is 13.2 Å². The van der Waals surface area contributed by atoms with Crippen LogP contribution in [0.5, 0.6) is 0 Å². The predicted molar refractivity (Wildman–Crippen MR) is 120 cm³/mol. The number of ether oxygens (including phenoxy) is 1. The number of aryl methyl sites for hydroxylation is 2. The van der Waals surface area contributed by atoms with Gasteiger partial charge in [-0.2, -0.15) is 5.10 Å². The standard InChI is InChI=1S/C23H35N5O2/c1-3-24-22(26-17-23(11-14-29)12-15-30-18-23)25-13-7-8-20-16-28(27-19(20)2)21-9-5-4-6-10-21/h4-6,9-10,16,29H,3,7-8,11-15,17-18H2,1-2H3,(H2,24,25,26). The number of benzene rings is 1. The molecule has 0 radical (unpaired) electrons. The molecule has 1 aromatic carbocycles. The van der Waals surface area contributed by atoms with E-state index in [1.54, 1.807) is 0 Å². The summed E-state index contributed by atoms with van der Waals surface area (Å²) in [6.45, 7) is 8.09. The summed E-state index contributed by atoms with van der Waals surface area (Å²) in [7, 11) is 0. The largest absolute Gasteiger partial charge is 0.396 e. The van der Waals surface area contributed by atoms with E-state index < -0.39 is 0 Å². The number of guanidine groups is 1. The molecule has 3 rings (SSSR count). The minimum Gasteiger partial charge on any atom is -0.396 e. The summed E-state index contributed by atoms with van der Waals surface area (Å²) >= 11 is 0. The molecule has 2 heterocycles. The second-order valence-electron chi connectivity index (χ2n) is 8.02. The Kier molecular flexibility index (Phi) is 8.28. The molecule has 0 bridgehead atoms. The zero-order valence-corrected chi connectivity index (χ0v) is 18.2. The van der Waals surface area contributed by atoms with Gasteiger partial charge < -0.3 is 20.5 Å². The average molecular weight is 414 g/mol. The van der Waals surface area contributed by atoms with Crippen molar-refractivity contribution in [3.05, 3.63) is 47.8 Å². The zero-order chi connectivity index (χ0) is 21.2. The van der Waals surface area contributed by atoms with Gasteiger partial charge in [0.15, 0.2) is 5.96 Å². The molecule has 0 saturated carbocycles. The van der Waals surface area contributed by atoms with Gasteiger partial charge in [0.1, 0.15) is 0 Å². The molecule has 0 amide bonds. The highest BCUT2D eigenvalue weighted by molar-refractivity contribution is 5.79. The highest BCUT2D eigenvalue weighted by Gasteiger charge is 2.34. The van der Waals surface area contributed by atoms with Gasteiger partial charge in [-0.1, -0.05) is 18.2 Å². The van der Waals surface area contributed by atoms with Crippen molar-refractivity contribution in [2.45, 2.75) is 39.5 Å². The van der Waals surface area contributed by atoms with Crippen molar-refractivity contribution in [3.63, 3.8) is 0 Å². The summed E-state index contributed by atoms with van der Waals surface area (Å²) in [5.74, 6) is 0.832. The van der Waals surface area contributed by atoms with E-state index >= 15 is 0 Å². The third-order valence-electron chi connectivity index (χ3n) is 5.68. The highest BCUT2D eigenvalue weighted by atomic mass is 16.5. The molecule has 1 atom stereocenters. The van der Waals surface area contributed by atoms with Crippen LogP contribution in [0.15, 0.2) is 41.5 Å². The summed E-state index contributed by atoms with van der Waals surface area (Å²) in [5, 5.41) is 20.8. The zero-order valence-electron chi connectivity index (χ0n) is 18.2. The van der Waals surface area contributed by atoms with Crippen LogP contribution in [0.3, 0.4) is 0 Å². The van der Waals surface area contributed by atoms with Crippen LogP contribution in [0.1, 0.15) is 37.4 Å². The van der Waals surface area contributed by atoms with Gasteiger partial charge in [0.25, 0.3) is 0 Å². The van der Waals surface area contributed by atoms with Gasteiger partial charge in [-0.25, -0.2) is 4.68 Å². The number of hydrogen-bond donors (Lipinski definition) is 3. The van der Waals surface area contributed by atoms with E-state index in [1.165, 1.54) is 5.56 Å². The molecule has 0 aliphatic carbocycles. The Bertz CT molecular complexity index is 797. The molecule has 3 N–H and O–H groups in total. The molecule has 30 heavy (non-hydrogen) atoms. The molecular weight excluding hydrogens is 378 g/mol. The van der Waals surface area contributed by atoms with Crippen molar-refractivity contribution in [1.82, 2.24) is 20.4 Å². The molecule has 7 heteroatoms. The summed E-state index contributed by atoms with van der Waals surface area (Å²) in [5.41, 5.74) is 3.40. The van der Waals surface area contributed by atoms with Crippen LogP contribution in [0.25, 0.3) is 5.69 Å². The monoisotopic (exact) mass is 413 g/mol. The number of nitrogens with one attached hydrogen (secondary N) is 2. The topological polar surface area (TPSA) is 83.7 Å². The van der Waals surface area contributed by atoms with E-state index in [2.05, 4.69) is 47.9 Å². The van der Waals surface area contributed by atoms with Gasteiger partial charge >= 0.3 is 0 Å². The second-order valence-corrected chi connectivity index (χ2v) is 8.02. The van der Waals surface area contributed by atoms with E-state index in [4.69, 9.17) is 9.73 Å². The van der Waals surface area contributed by atoms with Crippen LogP contribution in [0.2, 0.25) is 0 Å². The Balaban J connectivity index is 1.51. The first kappa shape index (κ1) is 22.3. The minimum atomic E-state index is -0.0275. The quantitative estimate of drug-likeness (QED) is 0.317. The second kappa shape index (κ2) is 11.1. The summed E-state index contributed by atoms with van der Waals surface area (Å²) in [6, 6.07) is 10.2. The van der Waals surface area contributed by atoms with Crippen LogP contribution < -0.4 is 10.6 Å². The summed E-state index contributed by atoms with van der Waals surface area (Å²) in [4.78, 5) is 4.78. The van der Waals surface area contributed by atoms with Crippen molar-refractivity contribution in [2.24, 2.45) is 10.4 Å². The number of aliphatic hydroxyl groups excluding tert-OH is 1. The number of aliphatic hydroxyl groups is 1. The van der Waals surface area contributed by atoms with Crippen molar-refractivity contribution in [3.8, 4) is 5.69 Å². The molecule has 7 nitrogen and oxygen atoms in total. The van der Waals surface area contributed by atoms with Crippen LogP contribution in [0, 0.1) is 12.3 Å². The first-order valence-electron chi connectivity index (χ1n) is 11.0. The molecule has 2 aromatic rings. The first-order valence-corrected chi connectivity index (χ1v) is 11.0. The molecule has 0 spiro atoms. The SMILES string of the molecule is CCNC(=NCC1(CCO)CCOC1)NCCCc1cn(-c2ccccc2)nc1C. The number of para-hydroxylation sites is 1. The van der Waals surface area contributed by atoms with Gasteiger partial charge in [0, 0.05) is 37.9 Å². The third-order valence-corrected chi connectivity index (χ3v) is 5.68. The Hall–Kier alpha value is -2.38. The molecule has 1 aromatic heterocycles. The maximum atomic E-state index is 9.40. The van der Waals surface area contributed by atoms with Crippen molar-refractivity contribution >= 4 is 5.96 Å². The van der Waals surface area contributed by atoms with Crippen molar-refractivity contribution < 1.29 is 9.84 Å². The lowest BCUT2D eigenvalue weighted by molar-refractivity contribution is 0.131. The Labute approximate surface area is 179 Å². The minimum absolute atomic E-state index is 0.0275. The number of rotatable bonds is 10. The number of hydrogen-bond acceptors (Lipinski definition) is 4. The summed E-state index contributed by atoms with van der Waals surface area (Å²) in [6.07, 6.45) is 5.79. The molecule has 1 fully saturated rings. The van der Waals surface area contributed by atoms with Crippen molar-refractivity contribution in [1.29, 1.82) is 0 Å². The fourth-order valence-electron chi connectivity index (χ4n) is 3.82. The predicted octanol–water partition coefficient (Wildman–Crippen LogP) is 2.46. The number of aliphatic imine (C=N–C) groups is 1. The van der Waals surface area contributed by atoms with Crippen LogP contribution in [-0.2, 0) is 11.2 Å². The van der Waals surface area contributed by atoms with Crippen LogP contribution in [-0.4, -0.2) is 60.3 Å². The highest BCUT2D eigenvalue weighted by Crippen LogP contribution is 2.32. The first-order chi connectivity index (χ1) is 14.7. The smallest absolute Gasteiger partial charge is 0.191 e. The summed E-state index contributed by atoms with van der Waals surface area (Å²) < 4.78 is 7.52. The van der Waals surface area contributed by atoms with Crippen LogP contribution >= 0.6 is 0 Å². The Morgan fingerprint density at radius 2 is 2.13 bits per heavy atom. The lowest BCUT2D eigenvalue weighted by atomic mass is 9.84. The molecule has 1 aliphatic rings. The van der Waals surface area contributed by atoms with Gasteiger partial charge in [-0.05, 0) is 57.2 Å². The van der Waals surface area contributed by atoms with E-state index in [9.17, 15) is 5.11 Å². The lowest BCUT2D eigenvalue weighted by Gasteiger charge is -2.24.